The Labute approximate surface area is 123 Å². The van der Waals surface area contributed by atoms with Crippen LogP contribution in [0.3, 0.4) is 0 Å². The average Bonchev–Trinajstić information content (AvgIpc) is 2.60. The molecule has 8 heteroatoms. The Kier molecular flexibility index (Phi) is 5.00. The highest BCUT2D eigenvalue weighted by atomic mass is 16.5. The monoisotopic (exact) mass is 299 g/mol. The van der Waals surface area contributed by atoms with Crippen LogP contribution in [0.15, 0.2) is 0 Å². The molecule has 2 aliphatic heterocycles. The van der Waals surface area contributed by atoms with Crippen LogP contribution in [0.2, 0.25) is 0 Å². The number of urea groups is 1. The second-order valence-corrected chi connectivity index (χ2v) is 5.39. The SMILES string of the molecule is CN1CCCN(C(=O)N2CCOCC2CC(=O)O)CC1=O. The fourth-order valence-corrected chi connectivity index (χ4v) is 2.61. The molecule has 0 aromatic rings. The summed E-state index contributed by atoms with van der Waals surface area (Å²) in [6.45, 7) is 2.16. The molecule has 1 atom stereocenters. The lowest BCUT2D eigenvalue weighted by atomic mass is 10.1. The van der Waals surface area contributed by atoms with Crippen molar-refractivity contribution in [3.05, 3.63) is 0 Å². The number of carboxylic acids is 1. The van der Waals surface area contributed by atoms with Gasteiger partial charge in [-0.3, -0.25) is 9.59 Å². The topological polar surface area (TPSA) is 90.4 Å². The average molecular weight is 299 g/mol. The maximum atomic E-state index is 12.6. The van der Waals surface area contributed by atoms with E-state index in [9.17, 15) is 14.4 Å². The van der Waals surface area contributed by atoms with Gasteiger partial charge in [0.2, 0.25) is 5.91 Å². The fourth-order valence-electron chi connectivity index (χ4n) is 2.61. The lowest BCUT2D eigenvalue weighted by Gasteiger charge is -2.37. The van der Waals surface area contributed by atoms with Gasteiger partial charge in [-0.15, -0.1) is 0 Å². The van der Waals surface area contributed by atoms with E-state index in [1.165, 1.54) is 9.80 Å². The number of carbonyl (C=O) groups excluding carboxylic acids is 2. The first-order valence-electron chi connectivity index (χ1n) is 7.08. The van der Waals surface area contributed by atoms with Crippen molar-refractivity contribution in [1.82, 2.24) is 14.7 Å². The van der Waals surface area contributed by atoms with E-state index >= 15 is 0 Å². The van der Waals surface area contributed by atoms with Gasteiger partial charge in [-0.05, 0) is 6.42 Å². The summed E-state index contributed by atoms with van der Waals surface area (Å²) in [4.78, 5) is 40.0. The van der Waals surface area contributed by atoms with Crippen LogP contribution in [0.1, 0.15) is 12.8 Å². The summed E-state index contributed by atoms with van der Waals surface area (Å²) >= 11 is 0. The Bertz CT molecular complexity index is 428. The zero-order chi connectivity index (χ0) is 15.4. The molecule has 0 radical (unpaired) electrons. The quantitative estimate of drug-likeness (QED) is 0.738. The van der Waals surface area contributed by atoms with Crippen LogP contribution in [-0.2, 0) is 14.3 Å². The first-order valence-corrected chi connectivity index (χ1v) is 7.08. The van der Waals surface area contributed by atoms with Gasteiger partial charge in [0.25, 0.3) is 0 Å². The Morgan fingerprint density at radius 3 is 2.81 bits per heavy atom. The summed E-state index contributed by atoms with van der Waals surface area (Å²) in [7, 11) is 1.72. The minimum absolute atomic E-state index is 0.0481. The van der Waals surface area contributed by atoms with Gasteiger partial charge in [0.1, 0.15) is 6.54 Å². The molecule has 2 rings (SSSR count). The van der Waals surface area contributed by atoms with Crippen LogP contribution in [0.5, 0.6) is 0 Å². The molecule has 8 nitrogen and oxygen atoms in total. The molecule has 2 aliphatic rings. The Balaban J connectivity index is 2.05. The van der Waals surface area contributed by atoms with Crippen LogP contribution in [0.4, 0.5) is 4.79 Å². The van der Waals surface area contributed by atoms with Gasteiger partial charge in [0.05, 0.1) is 25.7 Å². The first kappa shape index (κ1) is 15.6. The van der Waals surface area contributed by atoms with E-state index in [0.29, 0.717) is 26.2 Å². The van der Waals surface area contributed by atoms with Gasteiger partial charge >= 0.3 is 12.0 Å². The molecule has 2 heterocycles. The Morgan fingerprint density at radius 2 is 2.10 bits per heavy atom. The molecule has 118 valence electrons. The van der Waals surface area contributed by atoms with Crippen LogP contribution < -0.4 is 0 Å². The highest BCUT2D eigenvalue weighted by molar-refractivity contribution is 5.84. The number of amides is 3. The minimum Gasteiger partial charge on any atom is -0.481 e. The van der Waals surface area contributed by atoms with Gasteiger partial charge in [0.15, 0.2) is 0 Å². The molecule has 2 saturated heterocycles. The summed E-state index contributed by atoms with van der Waals surface area (Å²) in [6, 6.07) is -0.743. The first-order chi connectivity index (χ1) is 9.99. The minimum atomic E-state index is -0.963. The van der Waals surface area contributed by atoms with Crippen LogP contribution in [-0.4, -0.2) is 90.2 Å². The molecular weight excluding hydrogens is 278 g/mol. The standard InChI is InChI=1S/C13H21N3O5/c1-14-3-2-4-15(8-11(14)17)13(20)16-5-6-21-9-10(16)7-12(18)19/h10H,2-9H2,1H3,(H,18,19). The molecule has 0 saturated carbocycles. The molecule has 0 bridgehead atoms. The fraction of sp³-hybridized carbons (Fsp3) is 0.769. The van der Waals surface area contributed by atoms with Crippen molar-refractivity contribution in [3.63, 3.8) is 0 Å². The highest BCUT2D eigenvalue weighted by Crippen LogP contribution is 2.15. The largest absolute Gasteiger partial charge is 0.481 e. The van der Waals surface area contributed by atoms with E-state index in [1.54, 1.807) is 11.9 Å². The number of hydrogen-bond donors (Lipinski definition) is 1. The van der Waals surface area contributed by atoms with Crippen molar-refractivity contribution in [2.24, 2.45) is 0 Å². The van der Waals surface area contributed by atoms with Crippen molar-refractivity contribution in [2.45, 2.75) is 18.9 Å². The number of ether oxygens (including phenoxy) is 1. The molecule has 1 N–H and O–H groups in total. The van der Waals surface area contributed by atoms with Crippen LogP contribution in [0, 0.1) is 0 Å². The van der Waals surface area contributed by atoms with Gasteiger partial charge < -0.3 is 24.5 Å². The van der Waals surface area contributed by atoms with E-state index in [2.05, 4.69) is 0 Å². The predicted molar refractivity (Wildman–Crippen MR) is 72.8 cm³/mol. The molecular formula is C13H21N3O5. The maximum Gasteiger partial charge on any atom is 0.320 e. The van der Waals surface area contributed by atoms with Gasteiger partial charge in [-0.1, -0.05) is 0 Å². The summed E-state index contributed by atoms with van der Waals surface area (Å²) in [5.74, 6) is -1.06. The van der Waals surface area contributed by atoms with Crippen molar-refractivity contribution in [1.29, 1.82) is 0 Å². The third-order valence-corrected chi connectivity index (χ3v) is 3.83. The molecule has 2 fully saturated rings. The van der Waals surface area contributed by atoms with E-state index in [1.807, 2.05) is 0 Å². The van der Waals surface area contributed by atoms with Gasteiger partial charge in [-0.2, -0.15) is 0 Å². The summed E-state index contributed by atoms with van der Waals surface area (Å²) < 4.78 is 5.26. The molecule has 1 unspecified atom stereocenters. The molecule has 0 aromatic carbocycles. The highest BCUT2D eigenvalue weighted by Gasteiger charge is 2.33. The van der Waals surface area contributed by atoms with Gasteiger partial charge in [0, 0.05) is 26.7 Å². The zero-order valence-corrected chi connectivity index (χ0v) is 12.2. The van der Waals surface area contributed by atoms with Crippen molar-refractivity contribution >= 4 is 17.9 Å². The van der Waals surface area contributed by atoms with Gasteiger partial charge in [-0.25, -0.2) is 4.79 Å². The van der Waals surface area contributed by atoms with Crippen molar-refractivity contribution in [3.8, 4) is 0 Å². The maximum absolute atomic E-state index is 12.6. The van der Waals surface area contributed by atoms with E-state index in [4.69, 9.17) is 9.84 Å². The number of hydrogen-bond acceptors (Lipinski definition) is 4. The number of carboxylic acid groups (broad SMARTS) is 1. The number of carbonyl (C=O) groups is 3. The van der Waals surface area contributed by atoms with Crippen LogP contribution >= 0.6 is 0 Å². The number of morpholine rings is 1. The number of aliphatic carboxylic acids is 1. The van der Waals surface area contributed by atoms with Crippen molar-refractivity contribution < 1.29 is 24.2 Å². The molecule has 3 amide bonds. The molecule has 21 heavy (non-hydrogen) atoms. The van der Waals surface area contributed by atoms with E-state index in [-0.39, 0.29) is 31.5 Å². The molecule has 0 aliphatic carbocycles. The third-order valence-electron chi connectivity index (χ3n) is 3.83. The Morgan fingerprint density at radius 1 is 1.33 bits per heavy atom. The molecule has 0 aromatic heterocycles. The number of rotatable bonds is 2. The summed E-state index contributed by atoms with van der Waals surface area (Å²) in [6.07, 6.45) is 0.579. The van der Waals surface area contributed by atoms with Crippen molar-refractivity contribution in [2.75, 3.05) is 46.4 Å². The summed E-state index contributed by atoms with van der Waals surface area (Å²) in [5, 5.41) is 8.93. The smallest absolute Gasteiger partial charge is 0.320 e. The number of likely N-dealkylation sites (N-methyl/N-ethyl adjacent to an activating group) is 1. The molecule has 0 spiro atoms. The predicted octanol–water partition coefficient (Wildman–Crippen LogP) is -0.554. The second kappa shape index (κ2) is 6.75. The number of nitrogens with zero attached hydrogens (tertiary/aromatic N) is 3. The lowest BCUT2D eigenvalue weighted by Crippen LogP contribution is -2.55. The van der Waals surface area contributed by atoms with E-state index in [0.717, 1.165) is 6.42 Å². The van der Waals surface area contributed by atoms with E-state index < -0.39 is 12.0 Å². The Hall–Kier alpha value is -1.83. The zero-order valence-electron chi connectivity index (χ0n) is 12.2. The van der Waals surface area contributed by atoms with Crippen LogP contribution in [0.25, 0.3) is 0 Å². The normalized spacial score (nSPS) is 24.0. The summed E-state index contributed by atoms with van der Waals surface area (Å²) in [5.41, 5.74) is 0. The third kappa shape index (κ3) is 3.84. The lowest BCUT2D eigenvalue weighted by molar-refractivity contribution is -0.139. The second-order valence-electron chi connectivity index (χ2n) is 5.39.